The fraction of sp³-hybridized carbons (Fsp3) is 0.588. The van der Waals surface area contributed by atoms with E-state index in [4.69, 9.17) is 0 Å². The van der Waals surface area contributed by atoms with Crippen molar-refractivity contribution in [2.75, 3.05) is 12.8 Å². The van der Waals surface area contributed by atoms with Gasteiger partial charge in [-0.2, -0.15) is 11.8 Å². The molecule has 116 valence electrons. The molecule has 1 heterocycles. The zero-order valence-electron chi connectivity index (χ0n) is 13.4. The maximum Gasteiger partial charge on any atom is 0.244 e. The summed E-state index contributed by atoms with van der Waals surface area (Å²) in [6.07, 6.45) is 3.96. The largest absolute Gasteiger partial charge is 0.321 e. The van der Waals surface area contributed by atoms with Gasteiger partial charge < -0.3 is 4.90 Å². The van der Waals surface area contributed by atoms with Gasteiger partial charge in [-0.1, -0.05) is 44.2 Å². The average Bonchev–Trinajstić information content (AvgIpc) is 2.78. The van der Waals surface area contributed by atoms with Crippen molar-refractivity contribution < 1.29 is 4.79 Å². The first-order valence-electron chi connectivity index (χ1n) is 7.68. The Kier molecular flexibility index (Phi) is 5.33. The number of nitrogens with zero attached hydrogens (tertiary/aromatic N) is 1. The first-order chi connectivity index (χ1) is 10.0. The van der Waals surface area contributed by atoms with E-state index in [-0.39, 0.29) is 12.1 Å². The van der Waals surface area contributed by atoms with Crippen LogP contribution >= 0.6 is 11.8 Å². The lowest BCUT2D eigenvalue weighted by atomic mass is 9.99. The molecule has 1 N–H and O–H groups in total. The molecule has 1 aromatic carbocycles. The quantitative estimate of drug-likeness (QED) is 0.874. The fourth-order valence-corrected chi connectivity index (χ4v) is 3.04. The molecule has 0 spiro atoms. The summed E-state index contributed by atoms with van der Waals surface area (Å²) in [7, 11) is 0. The van der Waals surface area contributed by atoms with Crippen molar-refractivity contribution in [2.45, 2.75) is 50.6 Å². The third-order valence-electron chi connectivity index (χ3n) is 4.50. The molecule has 1 aromatic rings. The van der Waals surface area contributed by atoms with Gasteiger partial charge in [0.05, 0.1) is 5.54 Å². The van der Waals surface area contributed by atoms with Crippen LogP contribution in [0.4, 0.5) is 0 Å². The van der Waals surface area contributed by atoms with Crippen LogP contribution in [0.3, 0.4) is 0 Å². The van der Waals surface area contributed by atoms with E-state index in [2.05, 4.69) is 37.6 Å². The van der Waals surface area contributed by atoms with Crippen molar-refractivity contribution >= 4 is 17.7 Å². The van der Waals surface area contributed by atoms with Crippen LogP contribution in [0.25, 0.3) is 0 Å². The number of hydrogen-bond donors (Lipinski definition) is 1. The second kappa shape index (κ2) is 6.84. The number of benzene rings is 1. The number of carbonyl (C=O) groups is 1. The highest BCUT2D eigenvalue weighted by Crippen LogP contribution is 2.33. The van der Waals surface area contributed by atoms with E-state index in [1.54, 1.807) is 0 Å². The van der Waals surface area contributed by atoms with E-state index in [1.807, 2.05) is 41.8 Å². The Hall–Kier alpha value is -1.00. The van der Waals surface area contributed by atoms with Gasteiger partial charge in [-0.25, -0.2) is 0 Å². The molecule has 3 atom stereocenters. The zero-order chi connectivity index (χ0) is 15.5. The van der Waals surface area contributed by atoms with Crippen molar-refractivity contribution in [2.24, 2.45) is 0 Å². The van der Waals surface area contributed by atoms with E-state index in [9.17, 15) is 4.79 Å². The molecule has 4 heteroatoms. The second-order valence-corrected chi connectivity index (χ2v) is 7.25. The predicted molar refractivity (Wildman–Crippen MR) is 90.3 cm³/mol. The van der Waals surface area contributed by atoms with Gasteiger partial charge in [0.2, 0.25) is 5.91 Å². The molecule has 3 nitrogen and oxygen atoms in total. The van der Waals surface area contributed by atoms with Crippen LogP contribution in [0.2, 0.25) is 0 Å². The number of hydrogen-bond acceptors (Lipinski definition) is 3. The Labute approximate surface area is 132 Å². The molecule has 0 aliphatic carbocycles. The number of thioether (sulfide) groups is 1. The molecule has 1 fully saturated rings. The Balaban J connectivity index is 2.21. The average molecular weight is 306 g/mol. The highest BCUT2D eigenvalue weighted by atomic mass is 32.2. The van der Waals surface area contributed by atoms with Crippen LogP contribution in [-0.2, 0) is 4.79 Å². The van der Waals surface area contributed by atoms with Gasteiger partial charge in [0.1, 0.15) is 6.17 Å². The summed E-state index contributed by atoms with van der Waals surface area (Å²) >= 11 is 1.85. The summed E-state index contributed by atoms with van der Waals surface area (Å²) < 4.78 is 0. The summed E-state index contributed by atoms with van der Waals surface area (Å²) in [5.74, 6) is 0.229. The first-order valence-corrected chi connectivity index (χ1v) is 8.97. The lowest BCUT2D eigenvalue weighted by molar-refractivity contribution is -0.133. The lowest BCUT2D eigenvalue weighted by Crippen LogP contribution is -2.43. The smallest absolute Gasteiger partial charge is 0.244 e. The normalized spacial score (nSPS) is 27.1. The monoisotopic (exact) mass is 306 g/mol. The van der Waals surface area contributed by atoms with Gasteiger partial charge in [-0.3, -0.25) is 10.1 Å². The van der Waals surface area contributed by atoms with E-state index in [0.717, 1.165) is 19.4 Å². The highest BCUT2D eigenvalue weighted by molar-refractivity contribution is 7.99. The Morgan fingerprint density at radius 3 is 2.62 bits per heavy atom. The van der Waals surface area contributed by atoms with Crippen LogP contribution in [0.5, 0.6) is 0 Å². The molecular weight excluding hydrogens is 280 g/mol. The van der Waals surface area contributed by atoms with Crippen LogP contribution in [0.15, 0.2) is 30.3 Å². The van der Waals surface area contributed by atoms with Crippen LogP contribution < -0.4 is 5.32 Å². The minimum atomic E-state index is -0.441. The molecule has 0 bridgehead atoms. The van der Waals surface area contributed by atoms with Crippen molar-refractivity contribution in [1.82, 2.24) is 10.2 Å². The van der Waals surface area contributed by atoms with E-state index < -0.39 is 5.54 Å². The third-order valence-corrected chi connectivity index (χ3v) is 5.54. The molecule has 1 aliphatic rings. The molecule has 3 unspecified atom stereocenters. The molecule has 0 saturated carbocycles. The Morgan fingerprint density at radius 1 is 1.38 bits per heavy atom. The van der Waals surface area contributed by atoms with Gasteiger partial charge in [-0.15, -0.1) is 0 Å². The van der Waals surface area contributed by atoms with Gasteiger partial charge in [0.25, 0.3) is 0 Å². The lowest BCUT2D eigenvalue weighted by Gasteiger charge is -2.25. The molecular formula is C17H26N2OS. The molecule has 2 rings (SSSR count). The first kappa shape index (κ1) is 16.4. The Bertz CT molecular complexity index is 479. The van der Waals surface area contributed by atoms with Crippen molar-refractivity contribution in [1.29, 1.82) is 0 Å². The van der Waals surface area contributed by atoms with Crippen LogP contribution in [-0.4, -0.2) is 34.4 Å². The maximum absolute atomic E-state index is 12.8. The summed E-state index contributed by atoms with van der Waals surface area (Å²) in [6, 6.07) is 10.3. The van der Waals surface area contributed by atoms with Crippen molar-refractivity contribution in [3.8, 4) is 0 Å². The summed E-state index contributed by atoms with van der Waals surface area (Å²) in [5, 5.41) is 4.12. The van der Waals surface area contributed by atoms with Crippen molar-refractivity contribution in [3.05, 3.63) is 35.9 Å². The van der Waals surface area contributed by atoms with E-state index in [1.165, 1.54) is 5.56 Å². The molecule has 1 saturated heterocycles. The SMILES string of the molecule is CCC1(C)NC(c2ccccc2)N(CCC(C)SC)C1=O. The molecule has 0 aromatic heterocycles. The van der Waals surface area contributed by atoms with Crippen molar-refractivity contribution in [3.63, 3.8) is 0 Å². The van der Waals surface area contributed by atoms with Gasteiger partial charge in [0.15, 0.2) is 0 Å². The Morgan fingerprint density at radius 2 is 2.05 bits per heavy atom. The predicted octanol–water partition coefficient (Wildman–Crippen LogP) is 3.43. The zero-order valence-corrected chi connectivity index (χ0v) is 14.2. The minimum Gasteiger partial charge on any atom is -0.321 e. The third kappa shape index (κ3) is 3.43. The van der Waals surface area contributed by atoms with Gasteiger partial charge >= 0.3 is 0 Å². The molecule has 21 heavy (non-hydrogen) atoms. The fourth-order valence-electron chi connectivity index (χ4n) is 2.70. The summed E-state index contributed by atoms with van der Waals surface area (Å²) in [4.78, 5) is 14.8. The number of carbonyl (C=O) groups excluding carboxylic acids is 1. The van der Waals surface area contributed by atoms with Gasteiger partial charge in [0, 0.05) is 11.8 Å². The van der Waals surface area contributed by atoms with E-state index in [0.29, 0.717) is 5.25 Å². The molecule has 1 amide bonds. The number of amides is 1. The number of rotatable bonds is 6. The minimum absolute atomic E-state index is 0.00212. The van der Waals surface area contributed by atoms with E-state index >= 15 is 0 Å². The number of nitrogens with one attached hydrogen (secondary N) is 1. The van der Waals surface area contributed by atoms with Gasteiger partial charge in [-0.05, 0) is 31.6 Å². The van der Waals surface area contributed by atoms with Crippen LogP contribution in [0, 0.1) is 0 Å². The molecule has 0 radical (unpaired) electrons. The summed E-state index contributed by atoms with van der Waals surface area (Å²) in [5.41, 5.74) is 0.725. The maximum atomic E-state index is 12.8. The summed E-state index contributed by atoms with van der Waals surface area (Å²) in [6.45, 7) is 7.11. The standard InChI is InChI=1S/C17H26N2OS/c1-5-17(3)16(20)19(12-11-13(2)21-4)15(18-17)14-9-7-6-8-10-14/h6-10,13,15,18H,5,11-12H2,1-4H3. The second-order valence-electron chi connectivity index (χ2n) is 5.98. The highest BCUT2D eigenvalue weighted by Gasteiger charge is 2.46. The topological polar surface area (TPSA) is 32.3 Å². The van der Waals surface area contributed by atoms with Crippen LogP contribution in [0.1, 0.15) is 45.3 Å². The molecule has 1 aliphatic heterocycles.